The van der Waals surface area contributed by atoms with Gasteiger partial charge in [-0.25, -0.2) is 9.36 Å². The Morgan fingerprint density at radius 1 is 1.21 bits per heavy atom. The summed E-state index contributed by atoms with van der Waals surface area (Å²) in [5.41, 5.74) is 0.0778. The fraction of sp³-hybridized carbons (Fsp3) is 0.222. The Bertz CT molecular complexity index is 527. The molecule has 0 amide bonds. The Balaban J connectivity index is 2.95. The first-order valence-corrected chi connectivity index (χ1v) is 4.07. The van der Waals surface area contributed by atoms with Crippen LogP contribution in [-0.2, 0) is 7.05 Å². The maximum atomic E-state index is 12.5. The third-order valence-corrected chi connectivity index (χ3v) is 2.19. The molecule has 1 aromatic carbocycles. The average molecular weight is 198 g/mol. The van der Waals surface area contributed by atoms with Crippen molar-refractivity contribution in [1.82, 2.24) is 9.13 Å². The van der Waals surface area contributed by atoms with Gasteiger partial charge in [-0.1, -0.05) is 12.1 Å². The predicted octanol–water partition coefficient (Wildman–Crippen LogP) is 1.74. The minimum absolute atomic E-state index is 0.259. The van der Waals surface area contributed by atoms with Gasteiger partial charge in [0.15, 0.2) is 0 Å². The van der Waals surface area contributed by atoms with Crippen molar-refractivity contribution in [3.8, 4) is 0 Å². The van der Waals surface area contributed by atoms with E-state index >= 15 is 0 Å². The molecule has 0 aliphatic heterocycles. The number of aromatic nitrogens is 2. The molecule has 2 aromatic rings. The third-order valence-electron chi connectivity index (χ3n) is 2.19. The molecule has 0 unspecified atom stereocenters. The molecular weight excluding hydrogens is 190 g/mol. The van der Waals surface area contributed by atoms with E-state index in [2.05, 4.69) is 0 Å². The number of rotatable bonds is 1. The third kappa shape index (κ3) is 1.05. The Morgan fingerprint density at radius 2 is 1.79 bits per heavy atom. The summed E-state index contributed by atoms with van der Waals surface area (Å²) in [7, 11) is 1.48. The number of imidazole rings is 1. The SMILES string of the molecule is Cn1c(=O)n(C(F)F)c2ccccc21. The molecule has 3 nitrogen and oxygen atoms in total. The molecule has 0 saturated carbocycles. The van der Waals surface area contributed by atoms with Gasteiger partial charge >= 0.3 is 12.2 Å². The van der Waals surface area contributed by atoms with E-state index in [4.69, 9.17) is 0 Å². The van der Waals surface area contributed by atoms with E-state index in [9.17, 15) is 13.6 Å². The van der Waals surface area contributed by atoms with E-state index in [0.29, 0.717) is 10.1 Å². The highest BCUT2D eigenvalue weighted by molar-refractivity contribution is 5.75. The van der Waals surface area contributed by atoms with Crippen LogP contribution < -0.4 is 5.69 Å². The highest BCUT2D eigenvalue weighted by Crippen LogP contribution is 2.17. The number of halogens is 2. The van der Waals surface area contributed by atoms with Gasteiger partial charge in [0.1, 0.15) is 0 Å². The van der Waals surface area contributed by atoms with Crippen LogP contribution in [0.1, 0.15) is 6.55 Å². The molecule has 5 heteroatoms. The highest BCUT2D eigenvalue weighted by atomic mass is 19.3. The summed E-state index contributed by atoms with van der Waals surface area (Å²) in [4.78, 5) is 11.4. The second kappa shape index (κ2) is 2.94. The minimum atomic E-state index is -2.80. The standard InChI is InChI=1S/C9H8F2N2O/c1-12-6-4-2-3-5-7(6)13(8(10)11)9(12)14/h2-5,8H,1H3. The Kier molecular flexibility index (Phi) is 1.87. The Hall–Kier alpha value is -1.65. The summed E-state index contributed by atoms with van der Waals surface area (Å²) < 4.78 is 26.7. The lowest BCUT2D eigenvalue weighted by atomic mass is 10.3. The molecule has 1 aromatic heterocycles. The van der Waals surface area contributed by atoms with Gasteiger partial charge in [0, 0.05) is 7.05 Å². The minimum Gasteiger partial charge on any atom is -0.295 e. The first-order chi connectivity index (χ1) is 6.63. The number of hydrogen-bond donors (Lipinski definition) is 0. The van der Waals surface area contributed by atoms with Crippen LogP contribution in [0.2, 0.25) is 0 Å². The van der Waals surface area contributed by atoms with Gasteiger partial charge < -0.3 is 0 Å². The zero-order chi connectivity index (χ0) is 10.3. The van der Waals surface area contributed by atoms with Crippen LogP contribution in [0.4, 0.5) is 8.78 Å². The van der Waals surface area contributed by atoms with E-state index < -0.39 is 12.2 Å². The van der Waals surface area contributed by atoms with Crippen molar-refractivity contribution in [1.29, 1.82) is 0 Å². The lowest BCUT2D eigenvalue weighted by Crippen LogP contribution is -2.22. The summed E-state index contributed by atoms with van der Waals surface area (Å²) in [6.45, 7) is -2.80. The summed E-state index contributed by atoms with van der Waals surface area (Å²) in [6.07, 6.45) is 0. The van der Waals surface area contributed by atoms with Gasteiger partial charge in [-0.3, -0.25) is 4.57 Å². The number of nitrogens with zero attached hydrogens (tertiary/aromatic N) is 2. The smallest absolute Gasteiger partial charge is 0.295 e. The van der Waals surface area contributed by atoms with Crippen molar-refractivity contribution in [2.75, 3.05) is 0 Å². The number of alkyl halides is 2. The van der Waals surface area contributed by atoms with Crippen LogP contribution in [0.15, 0.2) is 29.1 Å². The van der Waals surface area contributed by atoms with Gasteiger partial charge in [-0.05, 0) is 12.1 Å². The molecule has 0 aliphatic rings. The molecule has 0 atom stereocenters. The van der Waals surface area contributed by atoms with Gasteiger partial charge in [0.05, 0.1) is 11.0 Å². The fourth-order valence-corrected chi connectivity index (χ4v) is 1.51. The topological polar surface area (TPSA) is 26.9 Å². The van der Waals surface area contributed by atoms with Gasteiger partial charge in [-0.15, -0.1) is 0 Å². The molecule has 14 heavy (non-hydrogen) atoms. The fourth-order valence-electron chi connectivity index (χ4n) is 1.51. The zero-order valence-electron chi connectivity index (χ0n) is 7.45. The van der Waals surface area contributed by atoms with Gasteiger partial charge in [0.25, 0.3) is 0 Å². The average Bonchev–Trinajstić information content (AvgIpc) is 2.41. The van der Waals surface area contributed by atoms with Crippen molar-refractivity contribution in [3.63, 3.8) is 0 Å². The second-order valence-corrected chi connectivity index (χ2v) is 2.98. The zero-order valence-corrected chi connectivity index (χ0v) is 7.45. The number of benzene rings is 1. The van der Waals surface area contributed by atoms with E-state index in [1.807, 2.05) is 0 Å². The number of para-hydroxylation sites is 2. The van der Waals surface area contributed by atoms with Gasteiger partial charge in [-0.2, -0.15) is 8.78 Å². The Labute approximate surface area is 78.2 Å². The van der Waals surface area contributed by atoms with E-state index in [0.717, 1.165) is 0 Å². The molecule has 0 aliphatic carbocycles. The Morgan fingerprint density at radius 3 is 2.36 bits per heavy atom. The van der Waals surface area contributed by atoms with Crippen molar-refractivity contribution in [3.05, 3.63) is 34.7 Å². The molecule has 0 bridgehead atoms. The molecule has 74 valence electrons. The quantitative estimate of drug-likeness (QED) is 0.685. The first kappa shape index (κ1) is 8.93. The largest absolute Gasteiger partial charge is 0.333 e. The van der Waals surface area contributed by atoms with Crippen molar-refractivity contribution >= 4 is 11.0 Å². The van der Waals surface area contributed by atoms with Crippen LogP contribution >= 0.6 is 0 Å². The van der Waals surface area contributed by atoms with Crippen LogP contribution in [0.3, 0.4) is 0 Å². The maximum Gasteiger partial charge on any atom is 0.333 e. The number of fused-ring (bicyclic) bond motifs is 1. The van der Waals surface area contributed by atoms with Crippen molar-refractivity contribution < 1.29 is 8.78 Å². The summed E-state index contributed by atoms with van der Waals surface area (Å²) in [6, 6.07) is 6.47. The van der Waals surface area contributed by atoms with E-state index in [-0.39, 0.29) is 5.52 Å². The molecule has 1 heterocycles. The summed E-state index contributed by atoms with van der Waals surface area (Å²) >= 11 is 0. The highest BCUT2D eigenvalue weighted by Gasteiger charge is 2.16. The lowest BCUT2D eigenvalue weighted by Gasteiger charge is -1.98. The number of hydrogen-bond acceptors (Lipinski definition) is 1. The van der Waals surface area contributed by atoms with Crippen molar-refractivity contribution in [2.45, 2.75) is 6.55 Å². The molecule has 0 N–H and O–H groups in total. The summed E-state index contributed by atoms with van der Waals surface area (Å²) in [5, 5.41) is 0. The normalized spacial score (nSPS) is 11.4. The van der Waals surface area contributed by atoms with E-state index in [1.165, 1.54) is 17.7 Å². The van der Waals surface area contributed by atoms with Crippen LogP contribution in [-0.4, -0.2) is 9.13 Å². The maximum absolute atomic E-state index is 12.5. The number of aryl methyl sites for hydroxylation is 1. The predicted molar refractivity (Wildman–Crippen MR) is 48.4 cm³/mol. The van der Waals surface area contributed by atoms with Crippen LogP contribution in [0.5, 0.6) is 0 Å². The first-order valence-electron chi connectivity index (χ1n) is 4.07. The molecule has 0 spiro atoms. The van der Waals surface area contributed by atoms with Crippen LogP contribution in [0, 0.1) is 0 Å². The molecular formula is C9H8F2N2O. The summed E-state index contributed by atoms with van der Waals surface area (Å²) in [5.74, 6) is 0. The van der Waals surface area contributed by atoms with E-state index in [1.54, 1.807) is 18.2 Å². The van der Waals surface area contributed by atoms with Gasteiger partial charge in [0.2, 0.25) is 0 Å². The monoisotopic (exact) mass is 198 g/mol. The van der Waals surface area contributed by atoms with Crippen molar-refractivity contribution in [2.24, 2.45) is 7.05 Å². The van der Waals surface area contributed by atoms with Crippen LogP contribution in [0.25, 0.3) is 11.0 Å². The lowest BCUT2D eigenvalue weighted by molar-refractivity contribution is 0.0705. The molecule has 0 fully saturated rings. The second-order valence-electron chi connectivity index (χ2n) is 2.98. The molecule has 2 rings (SSSR count). The molecule has 0 radical (unpaired) electrons. The molecule has 0 saturated heterocycles.